The first-order valence-corrected chi connectivity index (χ1v) is 8.18. The predicted octanol–water partition coefficient (Wildman–Crippen LogP) is 3.34. The van der Waals surface area contributed by atoms with Gasteiger partial charge in [-0.05, 0) is 45.4 Å². The highest BCUT2D eigenvalue weighted by Gasteiger charge is 2.30. The number of aromatic nitrogens is 2. The number of hydrogen-bond donors (Lipinski definition) is 0. The molecule has 1 unspecified atom stereocenters. The third-order valence-electron chi connectivity index (χ3n) is 4.45. The van der Waals surface area contributed by atoms with Crippen molar-refractivity contribution in [3.05, 3.63) is 42.2 Å². The van der Waals surface area contributed by atoms with E-state index in [4.69, 9.17) is 0 Å². The Balaban J connectivity index is 2.01. The molecular formula is C18H24N4O. The summed E-state index contributed by atoms with van der Waals surface area (Å²) in [4.78, 5) is 17.2. The van der Waals surface area contributed by atoms with Gasteiger partial charge in [-0.15, -0.1) is 0 Å². The van der Waals surface area contributed by atoms with Crippen LogP contribution in [0.5, 0.6) is 0 Å². The van der Waals surface area contributed by atoms with Crippen molar-refractivity contribution in [2.75, 3.05) is 23.4 Å². The molecule has 0 aliphatic carbocycles. The summed E-state index contributed by atoms with van der Waals surface area (Å²) >= 11 is 0. The fourth-order valence-corrected chi connectivity index (χ4v) is 3.03. The van der Waals surface area contributed by atoms with Gasteiger partial charge in [0.15, 0.2) is 5.69 Å². The molecule has 0 fully saturated rings. The van der Waals surface area contributed by atoms with Crippen LogP contribution in [0.25, 0.3) is 0 Å². The van der Waals surface area contributed by atoms with Crippen LogP contribution >= 0.6 is 0 Å². The average molecular weight is 312 g/mol. The summed E-state index contributed by atoms with van der Waals surface area (Å²) in [6.07, 6.45) is 2.81. The molecule has 1 aromatic carbocycles. The monoisotopic (exact) mass is 312 g/mol. The SMILES string of the molecule is CC1CCN(C)c2ccccc2N1C(=O)c1ccn(C(C)C)n1. The average Bonchev–Trinajstić information content (AvgIpc) is 2.99. The molecule has 5 heteroatoms. The van der Waals surface area contributed by atoms with Crippen molar-refractivity contribution in [3.8, 4) is 0 Å². The van der Waals surface area contributed by atoms with Crippen LogP contribution in [0.4, 0.5) is 11.4 Å². The van der Waals surface area contributed by atoms with Gasteiger partial charge in [-0.1, -0.05) is 12.1 Å². The number of fused-ring (bicyclic) bond motifs is 1. The number of para-hydroxylation sites is 2. The van der Waals surface area contributed by atoms with Crippen molar-refractivity contribution >= 4 is 17.3 Å². The molecule has 1 atom stereocenters. The molecule has 2 heterocycles. The zero-order valence-corrected chi connectivity index (χ0v) is 14.2. The van der Waals surface area contributed by atoms with E-state index in [1.807, 2.05) is 40.0 Å². The molecule has 0 spiro atoms. The highest BCUT2D eigenvalue weighted by atomic mass is 16.2. The highest BCUT2D eigenvalue weighted by Crippen LogP contribution is 2.34. The van der Waals surface area contributed by atoms with Gasteiger partial charge in [-0.25, -0.2) is 0 Å². The number of amides is 1. The lowest BCUT2D eigenvalue weighted by atomic mass is 10.1. The molecule has 0 saturated heterocycles. The second-order valence-electron chi connectivity index (χ2n) is 6.50. The molecule has 1 aliphatic rings. The van der Waals surface area contributed by atoms with E-state index in [0.717, 1.165) is 24.3 Å². The Kier molecular flexibility index (Phi) is 4.11. The Labute approximate surface area is 137 Å². The lowest BCUT2D eigenvalue weighted by molar-refractivity contribution is 0.0972. The second kappa shape index (κ2) is 6.07. The molecule has 0 bridgehead atoms. The van der Waals surface area contributed by atoms with Gasteiger partial charge >= 0.3 is 0 Å². The second-order valence-corrected chi connectivity index (χ2v) is 6.50. The zero-order valence-electron chi connectivity index (χ0n) is 14.2. The summed E-state index contributed by atoms with van der Waals surface area (Å²) < 4.78 is 1.83. The highest BCUT2D eigenvalue weighted by molar-refractivity contribution is 6.07. The molecule has 5 nitrogen and oxygen atoms in total. The zero-order chi connectivity index (χ0) is 16.6. The number of rotatable bonds is 2. The van der Waals surface area contributed by atoms with Crippen molar-refractivity contribution in [3.63, 3.8) is 0 Å². The fourth-order valence-electron chi connectivity index (χ4n) is 3.03. The van der Waals surface area contributed by atoms with E-state index < -0.39 is 0 Å². The molecule has 3 rings (SSSR count). The largest absolute Gasteiger partial charge is 0.373 e. The van der Waals surface area contributed by atoms with Gasteiger partial charge in [-0.2, -0.15) is 5.10 Å². The van der Waals surface area contributed by atoms with E-state index in [9.17, 15) is 4.79 Å². The maximum absolute atomic E-state index is 13.1. The Morgan fingerprint density at radius 1 is 1.22 bits per heavy atom. The minimum Gasteiger partial charge on any atom is -0.373 e. The first-order chi connectivity index (χ1) is 11.0. The molecule has 1 amide bonds. The van der Waals surface area contributed by atoms with Crippen LogP contribution in [0.2, 0.25) is 0 Å². The standard InChI is InChI=1S/C18H24N4O/c1-13(2)21-12-10-15(19-21)18(23)22-14(3)9-11-20(4)16-7-5-6-8-17(16)22/h5-8,10,12-14H,9,11H2,1-4H3. The third kappa shape index (κ3) is 2.83. The lowest BCUT2D eigenvalue weighted by Crippen LogP contribution is -2.38. The smallest absolute Gasteiger partial charge is 0.279 e. The van der Waals surface area contributed by atoms with Gasteiger partial charge in [0, 0.05) is 31.9 Å². The molecular weight excluding hydrogens is 288 g/mol. The number of benzene rings is 1. The van der Waals surface area contributed by atoms with Crippen LogP contribution in [-0.2, 0) is 0 Å². The Morgan fingerprint density at radius 3 is 2.57 bits per heavy atom. The molecule has 122 valence electrons. The van der Waals surface area contributed by atoms with Gasteiger partial charge in [-0.3, -0.25) is 9.48 Å². The maximum Gasteiger partial charge on any atom is 0.279 e. The van der Waals surface area contributed by atoms with E-state index in [-0.39, 0.29) is 18.0 Å². The van der Waals surface area contributed by atoms with Crippen molar-refractivity contribution in [1.29, 1.82) is 0 Å². The molecule has 1 aliphatic heterocycles. The van der Waals surface area contributed by atoms with E-state index >= 15 is 0 Å². The third-order valence-corrected chi connectivity index (χ3v) is 4.45. The van der Waals surface area contributed by atoms with Crippen LogP contribution in [0, 0.1) is 0 Å². The van der Waals surface area contributed by atoms with Gasteiger partial charge in [0.2, 0.25) is 0 Å². The number of carbonyl (C=O) groups excluding carboxylic acids is 1. The van der Waals surface area contributed by atoms with Crippen molar-refractivity contribution < 1.29 is 4.79 Å². The van der Waals surface area contributed by atoms with Crippen molar-refractivity contribution in [1.82, 2.24) is 9.78 Å². The Bertz CT molecular complexity index is 707. The first-order valence-electron chi connectivity index (χ1n) is 8.18. The van der Waals surface area contributed by atoms with Crippen LogP contribution in [0.1, 0.15) is 43.7 Å². The van der Waals surface area contributed by atoms with Crippen LogP contribution < -0.4 is 9.80 Å². The summed E-state index contributed by atoms with van der Waals surface area (Å²) in [6, 6.07) is 10.3. The minimum atomic E-state index is -0.0281. The first kappa shape index (κ1) is 15.6. The van der Waals surface area contributed by atoms with Gasteiger partial charge in [0.05, 0.1) is 11.4 Å². The quantitative estimate of drug-likeness (QED) is 0.854. The summed E-state index contributed by atoms with van der Waals surface area (Å²) in [7, 11) is 2.08. The minimum absolute atomic E-state index is 0.0281. The molecule has 0 saturated carbocycles. The van der Waals surface area contributed by atoms with Crippen LogP contribution in [0.3, 0.4) is 0 Å². The topological polar surface area (TPSA) is 41.4 Å². The van der Waals surface area contributed by atoms with E-state index in [1.165, 1.54) is 0 Å². The van der Waals surface area contributed by atoms with Gasteiger partial charge < -0.3 is 9.80 Å². The summed E-state index contributed by atoms with van der Waals surface area (Å²) in [5.41, 5.74) is 2.56. The van der Waals surface area contributed by atoms with Crippen LogP contribution in [-0.4, -0.2) is 35.3 Å². The van der Waals surface area contributed by atoms with E-state index in [1.54, 1.807) is 0 Å². The van der Waals surface area contributed by atoms with E-state index in [0.29, 0.717) is 5.69 Å². The lowest BCUT2D eigenvalue weighted by Gasteiger charge is -2.28. The number of nitrogens with zero attached hydrogens (tertiary/aromatic N) is 4. The Morgan fingerprint density at radius 2 is 1.91 bits per heavy atom. The number of carbonyl (C=O) groups is 1. The number of anilines is 2. The summed E-state index contributed by atoms with van der Waals surface area (Å²) in [5.74, 6) is -0.0281. The molecule has 0 N–H and O–H groups in total. The molecule has 2 aromatic rings. The van der Waals surface area contributed by atoms with Crippen molar-refractivity contribution in [2.45, 2.75) is 39.3 Å². The fraction of sp³-hybridized carbons (Fsp3) is 0.444. The van der Waals surface area contributed by atoms with Crippen LogP contribution in [0.15, 0.2) is 36.5 Å². The molecule has 1 aromatic heterocycles. The Hall–Kier alpha value is -2.30. The summed E-state index contributed by atoms with van der Waals surface area (Å²) in [6.45, 7) is 7.15. The van der Waals surface area contributed by atoms with Gasteiger partial charge in [0.25, 0.3) is 5.91 Å². The predicted molar refractivity (Wildman–Crippen MR) is 93.2 cm³/mol. The molecule has 23 heavy (non-hydrogen) atoms. The normalized spacial score (nSPS) is 18.0. The summed E-state index contributed by atoms with van der Waals surface area (Å²) in [5, 5.41) is 4.45. The van der Waals surface area contributed by atoms with E-state index in [2.05, 4.69) is 43.9 Å². The number of hydrogen-bond acceptors (Lipinski definition) is 3. The van der Waals surface area contributed by atoms with Crippen molar-refractivity contribution in [2.24, 2.45) is 0 Å². The maximum atomic E-state index is 13.1. The van der Waals surface area contributed by atoms with Gasteiger partial charge in [0.1, 0.15) is 0 Å². The molecule has 0 radical (unpaired) electrons.